The number of likely N-dealkylation sites (N-methyl/N-ethyl adjacent to an activating group) is 1. The van der Waals surface area contributed by atoms with Crippen LogP contribution >= 0.6 is 0 Å². The van der Waals surface area contributed by atoms with Crippen molar-refractivity contribution in [3.63, 3.8) is 0 Å². The number of nitrogens with zero attached hydrogens (tertiary/aromatic N) is 1. The van der Waals surface area contributed by atoms with Gasteiger partial charge in [0, 0.05) is 19.1 Å². The Morgan fingerprint density at radius 2 is 2.17 bits per heavy atom. The Morgan fingerprint density at radius 3 is 2.83 bits per heavy atom. The standard InChI is InChI=1S/C14H28N2O2/c1-4-16(3)10-9-15-13-8-6-7-12(11-13)14(17)18-5-2/h12-13,15H,4-11H2,1-3H3. The van der Waals surface area contributed by atoms with E-state index < -0.39 is 0 Å². The van der Waals surface area contributed by atoms with Crippen molar-refractivity contribution in [1.29, 1.82) is 0 Å². The van der Waals surface area contributed by atoms with Crippen LogP contribution in [0.2, 0.25) is 0 Å². The summed E-state index contributed by atoms with van der Waals surface area (Å²) in [5.41, 5.74) is 0. The molecule has 1 aliphatic rings. The van der Waals surface area contributed by atoms with Crippen LogP contribution in [0.1, 0.15) is 39.5 Å². The summed E-state index contributed by atoms with van der Waals surface area (Å²) in [6.07, 6.45) is 4.25. The molecule has 0 amide bonds. The Balaban J connectivity index is 2.24. The van der Waals surface area contributed by atoms with Crippen molar-refractivity contribution in [3.05, 3.63) is 0 Å². The molecular weight excluding hydrogens is 228 g/mol. The van der Waals surface area contributed by atoms with Gasteiger partial charge in [-0.2, -0.15) is 0 Å². The van der Waals surface area contributed by atoms with Crippen LogP contribution in [0.15, 0.2) is 0 Å². The summed E-state index contributed by atoms with van der Waals surface area (Å²) in [6.45, 7) is 7.68. The first-order valence-electron chi connectivity index (χ1n) is 7.25. The minimum Gasteiger partial charge on any atom is -0.466 e. The highest BCUT2D eigenvalue weighted by Gasteiger charge is 2.27. The lowest BCUT2D eigenvalue weighted by Crippen LogP contribution is -2.40. The lowest BCUT2D eigenvalue weighted by molar-refractivity contribution is -0.149. The first-order chi connectivity index (χ1) is 8.67. The third-order valence-electron chi connectivity index (χ3n) is 3.76. The quantitative estimate of drug-likeness (QED) is 0.703. The van der Waals surface area contributed by atoms with Gasteiger partial charge in [-0.25, -0.2) is 0 Å². The van der Waals surface area contributed by atoms with Gasteiger partial charge in [-0.05, 0) is 39.8 Å². The summed E-state index contributed by atoms with van der Waals surface area (Å²) >= 11 is 0. The van der Waals surface area contributed by atoms with E-state index in [0.717, 1.165) is 38.9 Å². The molecule has 0 aromatic carbocycles. The Kier molecular flexibility index (Phi) is 7.28. The van der Waals surface area contributed by atoms with Crippen molar-refractivity contribution in [2.45, 2.75) is 45.6 Å². The van der Waals surface area contributed by atoms with Gasteiger partial charge < -0.3 is 15.0 Å². The van der Waals surface area contributed by atoms with E-state index in [1.807, 2.05) is 6.92 Å². The average molecular weight is 256 g/mol. The molecule has 106 valence electrons. The minimum absolute atomic E-state index is 0.00493. The molecule has 0 heterocycles. The largest absolute Gasteiger partial charge is 0.466 e. The molecule has 1 aliphatic carbocycles. The van der Waals surface area contributed by atoms with Crippen molar-refractivity contribution < 1.29 is 9.53 Å². The van der Waals surface area contributed by atoms with E-state index in [1.165, 1.54) is 6.42 Å². The number of nitrogens with one attached hydrogen (secondary N) is 1. The van der Waals surface area contributed by atoms with Crippen molar-refractivity contribution in [2.75, 3.05) is 33.3 Å². The topological polar surface area (TPSA) is 41.6 Å². The van der Waals surface area contributed by atoms with Crippen LogP contribution in [0.3, 0.4) is 0 Å². The highest BCUT2D eigenvalue weighted by atomic mass is 16.5. The van der Waals surface area contributed by atoms with Crippen LogP contribution in [-0.2, 0) is 9.53 Å². The first-order valence-corrected chi connectivity index (χ1v) is 7.25. The minimum atomic E-state index is -0.00493. The Bertz CT molecular complexity index is 246. The van der Waals surface area contributed by atoms with Crippen LogP contribution in [0.25, 0.3) is 0 Å². The molecule has 4 heteroatoms. The van der Waals surface area contributed by atoms with Crippen molar-refractivity contribution in [2.24, 2.45) is 5.92 Å². The number of rotatable bonds is 7. The molecular formula is C14H28N2O2. The second-order valence-electron chi connectivity index (χ2n) is 5.16. The average Bonchev–Trinajstić information content (AvgIpc) is 2.39. The fourth-order valence-electron chi connectivity index (χ4n) is 2.47. The number of carbonyl (C=O) groups excluding carboxylic acids is 1. The van der Waals surface area contributed by atoms with Gasteiger partial charge >= 0.3 is 5.97 Å². The van der Waals surface area contributed by atoms with Crippen LogP contribution in [-0.4, -0.2) is 50.2 Å². The summed E-state index contributed by atoms with van der Waals surface area (Å²) in [6, 6.07) is 0.485. The fourth-order valence-corrected chi connectivity index (χ4v) is 2.47. The number of hydrogen-bond donors (Lipinski definition) is 1. The third-order valence-corrected chi connectivity index (χ3v) is 3.76. The summed E-state index contributed by atoms with van der Waals surface area (Å²) in [5, 5.41) is 3.56. The molecule has 0 radical (unpaired) electrons. The highest BCUT2D eigenvalue weighted by Crippen LogP contribution is 2.25. The summed E-state index contributed by atoms with van der Waals surface area (Å²) in [5.74, 6) is 0.106. The van der Waals surface area contributed by atoms with Gasteiger partial charge in [0.2, 0.25) is 0 Å². The molecule has 0 aliphatic heterocycles. The molecule has 0 aromatic rings. The van der Waals surface area contributed by atoms with E-state index in [-0.39, 0.29) is 11.9 Å². The second kappa shape index (κ2) is 8.48. The molecule has 4 nitrogen and oxygen atoms in total. The van der Waals surface area contributed by atoms with E-state index in [9.17, 15) is 4.79 Å². The second-order valence-corrected chi connectivity index (χ2v) is 5.16. The van der Waals surface area contributed by atoms with Crippen molar-refractivity contribution in [3.8, 4) is 0 Å². The molecule has 1 saturated carbocycles. The van der Waals surface area contributed by atoms with E-state index in [0.29, 0.717) is 12.6 Å². The van der Waals surface area contributed by atoms with E-state index >= 15 is 0 Å². The summed E-state index contributed by atoms with van der Waals surface area (Å²) in [4.78, 5) is 14.0. The molecule has 0 aromatic heterocycles. The van der Waals surface area contributed by atoms with Gasteiger partial charge in [0.15, 0.2) is 0 Å². The summed E-state index contributed by atoms with van der Waals surface area (Å²) < 4.78 is 5.11. The maximum Gasteiger partial charge on any atom is 0.308 e. The maximum absolute atomic E-state index is 11.7. The number of carbonyl (C=O) groups is 1. The van der Waals surface area contributed by atoms with Crippen LogP contribution in [0.5, 0.6) is 0 Å². The Labute approximate surface area is 111 Å². The predicted molar refractivity (Wildman–Crippen MR) is 73.6 cm³/mol. The molecule has 18 heavy (non-hydrogen) atoms. The number of ether oxygens (including phenoxy) is 1. The monoisotopic (exact) mass is 256 g/mol. The lowest BCUT2D eigenvalue weighted by Gasteiger charge is -2.29. The van der Waals surface area contributed by atoms with Gasteiger partial charge in [-0.3, -0.25) is 4.79 Å². The lowest BCUT2D eigenvalue weighted by atomic mass is 9.86. The molecule has 0 saturated heterocycles. The van der Waals surface area contributed by atoms with Crippen molar-refractivity contribution >= 4 is 5.97 Å². The van der Waals surface area contributed by atoms with Gasteiger partial charge in [0.25, 0.3) is 0 Å². The maximum atomic E-state index is 11.7. The van der Waals surface area contributed by atoms with E-state index in [2.05, 4.69) is 24.2 Å². The molecule has 0 bridgehead atoms. The SMILES string of the molecule is CCOC(=O)C1CCCC(NCCN(C)CC)C1. The highest BCUT2D eigenvalue weighted by molar-refractivity contribution is 5.72. The van der Waals surface area contributed by atoms with E-state index in [1.54, 1.807) is 0 Å². The Hall–Kier alpha value is -0.610. The molecule has 2 unspecified atom stereocenters. The Morgan fingerprint density at radius 1 is 1.39 bits per heavy atom. The van der Waals surface area contributed by atoms with Crippen molar-refractivity contribution in [1.82, 2.24) is 10.2 Å². The zero-order chi connectivity index (χ0) is 13.4. The number of hydrogen-bond acceptors (Lipinski definition) is 4. The summed E-state index contributed by atoms with van der Waals surface area (Å²) in [7, 11) is 2.13. The van der Waals surface area contributed by atoms with Gasteiger partial charge in [0.05, 0.1) is 12.5 Å². The zero-order valence-electron chi connectivity index (χ0n) is 12.1. The fraction of sp³-hybridized carbons (Fsp3) is 0.929. The normalized spacial score (nSPS) is 24.2. The number of esters is 1. The third kappa shape index (κ3) is 5.36. The van der Waals surface area contributed by atoms with Gasteiger partial charge in [-0.1, -0.05) is 13.3 Å². The zero-order valence-corrected chi connectivity index (χ0v) is 12.1. The van der Waals surface area contributed by atoms with Crippen LogP contribution < -0.4 is 5.32 Å². The smallest absolute Gasteiger partial charge is 0.308 e. The molecule has 1 fully saturated rings. The molecule has 1 N–H and O–H groups in total. The van der Waals surface area contributed by atoms with Gasteiger partial charge in [-0.15, -0.1) is 0 Å². The molecule has 1 rings (SSSR count). The predicted octanol–water partition coefficient (Wildman–Crippen LogP) is 1.65. The van der Waals surface area contributed by atoms with Crippen LogP contribution in [0.4, 0.5) is 0 Å². The van der Waals surface area contributed by atoms with Gasteiger partial charge in [0.1, 0.15) is 0 Å². The molecule has 0 spiro atoms. The van der Waals surface area contributed by atoms with E-state index in [4.69, 9.17) is 4.74 Å². The first kappa shape index (κ1) is 15.4. The molecule has 2 atom stereocenters. The van der Waals surface area contributed by atoms with Crippen LogP contribution in [0, 0.1) is 5.92 Å².